The van der Waals surface area contributed by atoms with Crippen molar-refractivity contribution >= 4 is 17.6 Å². The molecule has 3 rings (SSSR count). The minimum atomic E-state index is -0.632. The second-order valence-electron chi connectivity index (χ2n) is 6.21. The molecule has 25 heavy (non-hydrogen) atoms. The van der Waals surface area contributed by atoms with Gasteiger partial charge in [0.2, 0.25) is 5.91 Å². The summed E-state index contributed by atoms with van der Waals surface area (Å²) >= 11 is 0. The molecule has 0 bridgehead atoms. The summed E-state index contributed by atoms with van der Waals surface area (Å²) in [4.78, 5) is 31.7. The summed E-state index contributed by atoms with van der Waals surface area (Å²) in [5.74, 6) is 0.174. The maximum Gasteiger partial charge on any atom is 0.258 e. The van der Waals surface area contributed by atoms with Gasteiger partial charge in [-0.1, -0.05) is 29.8 Å². The molecule has 2 N–H and O–H groups in total. The fourth-order valence-electron chi connectivity index (χ4n) is 3.13. The first-order valence-corrected chi connectivity index (χ1v) is 8.32. The number of piperazine rings is 1. The van der Waals surface area contributed by atoms with Gasteiger partial charge in [0.15, 0.2) is 0 Å². The molecule has 0 saturated carbocycles. The van der Waals surface area contributed by atoms with E-state index in [1.54, 1.807) is 24.1 Å². The summed E-state index contributed by atoms with van der Waals surface area (Å²) in [6, 6.07) is 10.6. The normalized spacial score (nSPS) is 17.2. The highest BCUT2D eigenvalue weighted by Crippen LogP contribution is 2.27. The predicted molar refractivity (Wildman–Crippen MR) is 96.5 cm³/mol. The lowest BCUT2D eigenvalue weighted by atomic mass is 9.99. The summed E-state index contributed by atoms with van der Waals surface area (Å²) in [5.41, 5.74) is 3.17. The number of rotatable bonds is 3. The quantitative estimate of drug-likeness (QED) is 0.898. The zero-order chi connectivity index (χ0) is 18.0. The molecule has 1 unspecified atom stereocenters. The van der Waals surface area contributed by atoms with Gasteiger partial charge in [-0.2, -0.15) is 0 Å². The Hall–Kier alpha value is -2.89. The zero-order valence-electron chi connectivity index (χ0n) is 14.7. The number of aromatic nitrogens is 1. The number of nitrogens with one attached hydrogen (secondary N) is 2. The lowest BCUT2D eigenvalue weighted by Gasteiger charge is -2.35. The Kier molecular flexibility index (Phi) is 4.70. The van der Waals surface area contributed by atoms with Gasteiger partial charge in [0.1, 0.15) is 11.9 Å². The molecule has 0 radical (unpaired) electrons. The first kappa shape index (κ1) is 17.0. The van der Waals surface area contributed by atoms with Gasteiger partial charge < -0.3 is 15.5 Å². The van der Waals surface area contributed by atoms with Crippen LogP contribution in [0.25, 0.3) is 0 Å². The third kappa shape index (κ3) is 3.33. The molecule has 6 nitrogen and oxygen atoms in total. The number of nitrogens with zero attached hydrogens (tertiary/aromatic N) is 2. The van der Waals surface area contributed by atoms with Crippen molar-refractivity contribution in [2.75, 3.05) is 25.5 Å². The molecule has 2 aromatic rings. The van der Waals surface area contributed by atoms with Crippen molar-refractivity contribution in [3.05, 3.63) is 58.8 Å². The van der Waals surface area contributed by atoms with Crippen molar-refractivity contribution in [2.24, 2.45) is 0 Å². The van der Waals surface area contributed by atoms with Crippen LogP contribution in [0.15, 0.2) is 36.4 Å². The van der Waals surface area contributed by atoms with E-state index in [-0.39, 0.29) is 11.8 Å². The molecular formula is C19H22N4O2. The molecule has 6 heteroatoms. The van der Waals surface area contributed by atoms with Crippen LogP contribution in [0.5, 0.6) is 0 Å². The number of aryl methyl sites for hydroxylation is 2. The SMILES string of the molecule is CNc1nc(C)ccc1C(=O)N1CCNC(=O)C1c1cccc(C)c1. The highest BCUT2D eigenvalue weighted by molar-refractivity contribution is 6.01. The summed E-state index contributed by atoms with van der Waals surface area (Å²) < 4.78 is 0. The first-order valence-electron chi connectivity index (χ1n) is 8.32. The van der Waals surface area contributed by atoms with Crippen molar-refractivity contribution in [1.82, 2.24) is 15.2 Å². The van der Waals surface area contributed by atoms with Gasteiger partial charge in [0, 0.05) is 25.8 Å². The van der Waals surface area contributed by atoms with E-state index in [1.165, 1.54) is 0 Å². The van der Waals surface area contributed by atoms with E-state index in [9.17, 15) is 9.59 Å². The molecule has 1 fully saturated rings. The Bertz CT molecular complexity index is 819. The Labute approximate surface area is 147 Å². The van der Waals surface area contributed by atoms with Crippen LogP contribution in [0, 0.1) is 13.8 Å². The number of benzene rings is 1. The molecule has 1 aromatic heterocycles. The molecule has 130 valence electrons. The van der Waals surface area contributed by atoms with Crippen molar-refractivity contribution in [3.63, 3.8) is 0 Å². The van der Waals surface area contributed by atoms with Gasteiger partial charge in [-0.3, -0.25) is 9.59 Å². The van der Waals surface area contributed by atoms with Gasteiger partial charge in [-0.05, 0) is 31.5 Å². The smallest absolute Gasteiger partial charge is 0.258 e. The summed E-state index contributed by atoms with van der Waals surface area (Å²) in [6.45, 7) is 4.75. The molecule has 1 saturated heterocycles. The zero-order valence-corrected chi connectivity index (χ0v) is 14.7. The van der Waals surface area contributed by atoms with E-state index in [4.69, 9.17) is 0 Å². The van der Waals surface area contributed by atoms with Gasteiger partial charge >= 0.3 is 0 Å². The number of hydrogen-bond donors (Lipinski definition) is 2. The average molecular weight is 338 g/mol. The summed E-state index contributed by atoms with van der Waals surface area (Å²) in [7, 11) is 1.74. The molecule has 1 aromatic carbocycles. The van der Waals surface area contributed by atoms with Crippen LogP contribution in [-0.4, -0.2) is 41.8 Å². The fraction of sp³-hybridized carbons (Fsp3) is 0.316. The number of hydrogen-bond acceptors (Lipinski definition) is 4. The summed E-state index contributed by atoms with van der Waals surface area (Å²) in [5, 5.41) is 5.83. The second kappa shape index (κ2) is 6.93. The molecule has 2 heterocycles. The fourth-order valence-corrected chi connectivity index (χ4v) is 3.13. The Morgan fingerprint density at radius 2 is 2.08 bits per heavy atom. The van der Waals surface area contributed by atoms with E-state index in [0.29, 0.717) is 24.5 Å². The molecule has 2 amide bonds. The van der Waals surface area contributed by atoms with Crippen LogP contribution in [0.3, 0.4) is 0 Å². The van der Waals surface area contributed by atoms with Crippen molar-refractivity contribution < 1.29 is 9.59 Å². The molecule has 0 aliphatic carbocycles. The van der Waals surface area contributed by atoms with Gasteiger partial charge in [-0.15, -0.1) is 0 Å². The second-order valence-corrected chi connectivity index (χ2v) is 6.21. The van der Waals surface area contributed by atoms with Crippen molar-refractivity contribution in [2.45, 2.75) is 19.9 Å². The van der Waals surface area contributed by atoms with Crippen molar-refractivity contribution in [1.29, 1.82) is 0 Å². The number of anilines is 1. The van der Waals surface area contributed by atoms with E-state index in [1.807, 2.05) is 38.1 Å². The van der Waals surface area contributed by atoms with E-state index in [2.05, 4.69) is 15.6 Å². The van der Waals surface area contributed by atoms with Crippen LogP contribution in [0.2, 0.25) is 0 Å². The third-order valence-electron chi connectivity index (χ3n) is 4.33. The molecular weight excluding hydrogens is 316 g/mol. The highest BCUT2D eigenvalue weighted by atomic mass is 16.2. The Morgan fingerprint density at radius 1 is 1.28 bits per heavy atom. The van der Waals surface area contributed by atoms with Crippen LogP contribution in [0.1, 0.15) is 33.2 Å². The van der Waals surface area contributed by atoms with Crippen LogP contribution >= 0.6 is 0 Å². The standard InChI is InChI=1S/C19H22N4O2/c1-12-5-4-6-14(11-12)16-18(24)21-9-10-23(16)19(25)15-8-7-13(2)22-17(15)20-3/h4-8,11,16H,9-10H2,1-3H3,(H,20,22)(H,21,24). The molecule has 1 atom stereocenters. The monoisotopic (exact) mass is 338 g/mol. The lowest BCUT2D eigenvalue weighted by Crippen LogP contribution is -2.52. The Balaban J connectivity index is 2.01. The van der Waals surface area contributed by atoms with Crippen molar-refractivity contribution in [3.8, 4) is 0 Å². The average Bonchev–Trinajstić information content (AvgIpc) is 2.60. The first-order chi connectivity index (χ1) is 12.0. The number of carbonyl (C=O) groups excluding carboxylic acids is 2. The third-order valence-corrected chi connectivity index (χ3v) is 4.33. The minimum absolute atomic E-state index is 0.156. The molecule has 1 aliphatic rings. The van der Waals surface area contributed by atoms with E-state index < -0.39 is 6.04 Å². The molecule has 0 spiro atoms. The number of amides is 2. The molecule has 1 aliphatic heterocycles. The van der Waals surface area contributed by atoms with Crippen LogP contribution in [0.4, 0.5) is 5.82 Å². The van der Waals surface area contributed by atoms with Gasteiger partial charge in [0.05, 0.1) is 5.56 Å². The topological polar surface area (TPSA) is 74.3 Å². The van der Waals surface area contributed by atoms with Gasteiger partial charge in [-0.25, -0.2) is 4.98 Å². The predicted octanol–water partition coefficient (Wildman–Crippen LogP) is 2.05. The van der Waals surface area contributed by atoms with Gasteiger partial charge in [0.25, 0.3) is 5.91 Å². The Morgan fingerprint density at radius 3 is 2.80 bits per heavy atom. The van der Waals surface area contributed by atoms with E-state index >= 15 is 0 Å². The lowest BCUT2D eigenvalue weighted by molar-refractivity contribution is -0.128. The van der Waals surface area contributed by atoms with E-state index in [0.717, 1.165) is 16.8 Å². The van der Waals surface area contributed by atoms with Crippen LogP contribution in [-0.2, 0) is 4.79 Å². The number of carbonyl (C=O) groups is 2. The summed E-state index contributed by atoms with van der Waals surface area (Å²) in [6.07, 6.45) is 0. The van der Waals surface area contributed by atoms with Crippen LogP contribution < -0.4 is 10.6 Å². The minimum Gasteiger partial charge on any atom is -0.372 e. The largest absolute Gasteiger partial charge is 0.372 e. The highest BCUT2D eigenvalue weighted by Gasteiger charge is 2.35. The maximum absolute atomic E-state index is 13.2. The number of pyridine rings is 1. The maximum atomic E-state index is 13.2.